The number of hydrogen-bond donors (Lipinski definition) is 0. The number of hydrogen-bond acceptors (Lipinski definition) is 4. The zero-order chi connectivity index (χ0) is 21.7. The third-order valence-electron chi connectivity index (χ3n) is 5.53. The Kier molecular flexibility index (Phi) is 7.10. The molecule has 0 radical (unpaired) electrons. The van der Waals surface area contributed by atoms with Crippen LogP contribution >= 0.6 is 0 Å². The Balaban J connectivity index is 1.86. The summed E-state index contributed by atoms with van der Waals surface area (Å²) in [6.07, 6.45) is 4.31. The highest BCUT2D eigenvalue weighted by molar-refractivity contribution is 7.89. The average Bonchev–Trinajstić information content (AvgIpc) is 2.77. The molecule has 8 heteroatoms. The van der Waals surface area contributed by atoms with Gasteiger partial charge in [-0.25, -0.2) is 12.8 Å². The number of likely N-dealkylation sites (N-methyl/N-ethyl adjacent to an activating group) is 1. The fourth-order valence-corrected chi connectivity index (χ4v) is 5.35. The molecule has 1 aliphatic carbocycles. The van der Waals surface area contributed by atoms with Crippen LogP contribution in [0.25, 0.3) is 0 Å². The van der Waals surface area contributed by atoms with Crippen molar-refractivity contribution in [2.24, 2.45) is 0 Å². The Morgan fingerprint density at radius 3 is 2.20 bits per heavy atom. The lowest BCUT2D eigenvalue weighted by Gasteiger charge is -2.34. The van der Waals surface area contributed by atoms with E-state index in [1.807, 2.05) is 0 Å². The van der Waals surface area contributed by atoms with Gasteiger partial charge in [0.15, 0.2) is 0 Å². The Bertz CT molecular complexity index is 956. The van der Waals surface area contributed by atoms with Crippen LogP contribution in [0.3, 0.4) is 0 Å². The molecule has 0 N–H and O–H groups in total. The second kappa shape index (κ2) is 9.57. The van der Waals surface area contributed by atoms with Crippen LogP contribution in [0.4, 0.5) is 10.1 Å². The standard InChI is InChI=1S/C22H27FN2O4S/c1-24(18-10-12-20(29-2)13-11-18)22(26)16-25(19-6-4-3-5-7-19)30(27,28)21-14-8-17(23)9-15-21/h8-15,19H,3-7,16H2,1-2H3. The van der Waals surface area contributed by atoms with Gasteiger partial charge in [-0.2, -0.15) is 4.31 Å². The zero-order valence-corrected chi connectivity index (χ0v) is 18.1. The summed E-state index contributed by atoms with van der Waals surface area (Å²) in [5.41, 5.74) is 0.642. The summed E-state index contributed by atoms with van der Waals surface area (Å²) in [7, 11) is -0.759. The van der Waals surface area contributed by atoms with Crippen molar-refractivity contribution in [2.75, 3.05) is 25.6 Å². The molecule has 1 fully saturated rings. The number of carbonyl (C=O) groups excluding carboxylic acids is 1. The molecule has 0 aliphatic heterocycles. The Labute approximate surface area is 177 Å². The maximum atomic E-state index is 13.3. The summed E-state index contributed by atoms with van der Waals surface area (Å²) >= 11 is 0. The molecule has 1 amide bonds. The van der Waals surface area contributed by atoms with Crippen LogP contribution in [0, 0.1) is 5.82 Å². The molecule has 30 heavy (non-hydrogen) atoms. The number of ether oxygens (including phenoxy) is 1. The van der Waals surface area contributed by atoms with Crippen molar-refractivity contribution in [3.05, 3.63) is 54.3 Å². The molecule has 0 spiro atoms. The number of methoxy groups -OCH3 is 1. The van der Waals surface area contributed by atoms with Crippen LogP contribution < -0.4 is 9.64 Å². The van der Waals surface area contributed by atoms with Crippen molar-refractivity contribution in [3.63, 3.8) is 0 Å². The molecular formula is C22H27FN2O4S. The van der Waals surface area contributed by atoms with Gasteiger partial charge in [0, 0.05) is 18.8 Å². The number of sulfonamides is 1. The predicted molar refractivity (Wildman–Crippen MR) is 114 cm³/mol. The van der Waals surface area contributed by atoms with E-state index >= 15 is 0 Å². The number of nitrogens with zero attached hydrogens (tertiary/aromatic N) is 2. The monoisotopic (exact) mass is 434 g/mol. The molecule has 0 aromatic heterocycles. The SMILES string of the molecule is COc1ccc(N(C)C(=O)CN(C2CCCCC2)S(=O)(=O)c2ccc(F)cc2)cc1. The number of carbonyl (C=O) groups is 1. The number of benzene rings is 2. The maximum absolute atomic E-state index is 13.3. The van der Waals surface area contributed by atoms with Gasteiger partial charge in [-0.15, -0.1) is 0 Å². The van der Waals surface area contributed by atoms with Gasteiger partial charge in [0.2, 0.25) is 15.9 Å². The van der Waals surface area contributed by atoms with E-state index in [4.69, 9.17) is 4.74 Å². The van der Waals surface area contributed by atoms with Crippen LogP contribution in [0.15, 0.2) is 53.4 Å². The van der Waals surface area contributed by atoms with Crippen molar-refractivity contribution in [1.29, 1.82) is 0 Å². The highest BCUT2D eigenvalue weighted by Gasteiger charge is 2.34. The molecule has 0 heterocycles. The molecule has 0 atom stereocenters. The molecular weight excluding hydrogens is 407 g/mol. The summed E-state index contributed by atoms with van der Waals surface area (Å²) < 4.78 is 46.4. The minimum Gasteiger partial charge on any atom is -0.497 e. The molecule has 3 rings (SSSR count). The number of rotatable bonds is 7. The molecule has 6 nitrogen and oxygen atoms in total. The van der Waals surface area contributed by atoms with Crippen LogP contribution in [0.2, 0.25) is 0 Å². The zero-order valence-electron chi connectivity index (χ0n) is 17.3. The average molecular weight is 435 g/mol. The van der Waals surface area contributed by atoms with Crippen molar-refractivity contribution in [2.45, 2.75) is 43.0 Å². The summed E-state index contributed by atoms with van der Waals surface area (Å²) in [6, 6.07) is 11.5. The van der Waals surface area contributed by atoms with Gasteiger partial charge >= 0.3 is 0 Å². The second-order valence-corrected chi connectivity index (χ2v) is 9.34. The number of anilines is 1. The fraction of sp³-hybridized carbons (Fsp3) is 0.409. The van der Waals surface area contributed by atoms with E-state index in [0.29, 0.717) is 24.3 Å². The van der Waals surface area contributed by atoms with Gasteiger partial charge in [-0.3, -0.25) is 4.79 Å². The van der Waals surface area contributed by atoms with Crippen LogP contribution in [0.5, 0.6) is 5.75 Å². The summed E-state index contributed by atoms with van der Waals surface area (Å²) in [5, 5.41) is 0. The van der Waals surface area contributed by atoms with Gasteiger partial charge in [-0.1, -0.05) is 19.3 Å². The molecule has 0 unspecified atom stereocenters. The van der Waals surface area contributed by atoms with Crippen molar-refractivity contribution >= 4 is 21.6 Å². The Morgan fingerprint density at radius 1 is 1.03 bits per heavy atom. The van der Waals surface area contributed by atoms with Gasteiger partial charge < -0.3 is 9.64 Å². The first-order chi connectivity index (χ1) is 14.3. The van der Waals surface area contributed by atoms with E-state index in [1.165, 1.54) is 21.3 Å². The van der Waals surface area contributed by atoms with Gasteiger partial charge in [-0.05, 0) is 61.4 Å². The number of amides is 1. The molecule has 0 saturated heterocycles. The Morgan fingerprint density at radius 2 is 1.63 bits per heavy atom. The number of halogens is 1. The van der Waals surface area contributed by atoms with Crippen LogP contribution in [-0.2, 0) is 14.8 Å². The molecule has 1 aliphatic rings. The molecule has 162 valence electrons. The van der Waals surface area contributed by atoms with E-state index < -0.39 is 15.8 Å². The van der Waals surface area contributed by atoms with E-state index in [9.17, 15) is 17.6 Å². The van der Waals surface area contributed by atoms with E-state index in [1.54, 1.807) is 38.4 Å². The largest absolute Gasteiger partial charge is 0.497 e. The normalized spacial score (nSPS) is 15.2. The fourth-order valence-electron chi connectivity index (χ4n) is 3.71. The molecule has 1 saturated carbocycles. The first-order valence-corrected chi connectivity index (χ1v) is 11.4. The van der Waals surface area contributed by atoms with E-state index in [-0.39, 0.29) is 23.4 Å². The lowest BCUT2D eigenvalue weighted by molar-refractivity contribution is -0.119. The first-order valence-electron chi connectivity index (χ1n) is 10.0. The third-order valence-corrected chi connectivity index (χ3v) is 7.44. The van der Waals surface area contributed by atoms with Gasteiger partial charge in [0.05, 0.1) is 18.6 Å². The molecule has 2 aromatic rings. The lowest BCUT2D eigenvalue weighted by Crippen LogP contribution is -2.47. The van der Waals surface area contributed by atoms with Crippen LogP contribution in [-0.4, -0.2) is 45.4 Å². The van der Waals surface area contributed by atoms with Crippen molar-refractivity contribution in [3.8, 4) is 5.75 Å². The first kappa shape index (κ1) is 22.2. The minimum atomic E-state index is -3.94. The summed E-state index contributed by atoms with van der Waals surface area (Å²) in [4.78, 5) is 14.4. The lowest BCUT2D eigenvalue weighted by atomic mass is 9.95. The van der Waals surface area contributed by atoms with Crippen molar-refractivity contribution in [1.82, 2.24) is 4.31 Å². The smallest absolute Gasteiger partial charge is 0.243 e. The van der Waals surface area contributed by atoms with E-state index in [2.05, 4.69) is 0 Å². The van der Waals surface area contributed by atoms with E-state index in [0.717, 1.165) is 31.4 Å². The third kappa shape index (κ3) is 4.99. The second-order valence-electron chi connectivity index (χ2n) is 7.45. The predicted octanol–water partition coefficient (Wildman–Crippen LogP) is 3.82. The van der Waals surface area contributed by atoms with Gasteiger partial charge in [0.1, 0.15) is 11.6 Å². The highest BCUT2D eigenvalue weighted by Crippen LogP contribution is 2.28. The van der Waals surface area contributed by atoms with Gasteiger partial charge in [0.25, 0.3) is 0 Å². The van der Waals surface area contributed by atoms with Crippen LogP contribution in [0.1, 0.15) is 32.1 Å². The maximum Gasteiger partial charge on any atom is 0.243 e. The quantitative estimate of drug-likeness (QED) is 0.665. The molecule has 0 bridgehead atoms. The highest BCUT2D eigenvalue weighted by atomic mass is 32.2. The molecule has 2 aromatic carbocycles. The summed E-state index contributed by atoms with van der Waals surface area (Å²) in [6.45, 7) is -0.271. The summed E-state index contributed by atoms with van der Waals surface area (Å²) in [5.74, 6) is -0.174. The Hall–Kier alpha value is -2.45. The van der Waals surface area contributed by atoms with Crippen molar-refractivity contribution < 1.29 is 22.3 Å². The minimum absolute atomic E-state index is 0.00521. The topological polar surface area (TPSA) is 66.9 Å².